The number of nitriles is 1. The number of hydrogen-bond acceptors (Lipinski definition) is 5. The molecule has 2 aromatic rings. The molecule has 0 saturated carbocycles. The quantitative estimate of drug-likeness (QED) is 0.211. The first-order chi connectivity index (χ1) is 14.0. The minimum Gasteiger partial charge on any atom is -0.398 e. The van der Waals surface area contributed by atoms with Gasteiger partial charge in [0.2, 0.25) is 0 Å². The van der Waals surface area contributed by atoms with Crippen LogP contribution >= 0.6 is 0 Å². The highest BCUT2D eigenvalue weighted by Crippen LogP contribution is 2.28. The average molecular weight is 391 g/mol. The monoisotopic (exact) mass is 391 g/mol. The molecule has 0 amide bonds. The number of halogens is 1. The number of hydrogen-bond donors (Lipinski definition) is 3. The van der Waals surface area contributed by atoms with Gasteiger partial charge in [-0.05, 0) is 55.4 Å². The number of nitrogens with two attached hydrogens (primary N) is 1. The molecule has 0 unspecified atom stereocenters. The van der Waals surface area contributed by atoms with Gasteiger partial charge in [-0.2, -0.15) is 5.26 Å². The zero-order chi connectivity index (χ0) is 21.2. The van der Waals surface area contributed by atoms with Gasteiger partial charge in [-0.3, -0.25) is 4.99 Å². The van der Waals surface area contributed by atoms with Gasteiger partial charge in [-0.1, -0.05) is 24.3 Å². The van der Waals surface area contributed by atoms with Crippen LogP contribution in [-0.4, -0.2) is 33.9 Å². The Morgan fingerprint density at radius 3 is 2.59 bits per heavy atom. The third-order valence-corrected chi connectivity index (χ3v) is 4.41. The summed E-state index contributed by atoms with van der Waals surface area (Å²) in [4.78, 5) is 4.05. The van der Waals surface area contributed by atoms with E-state index >= 15 is 0 Å². The van der Waals surface area contributed by atoms with E-state index in [0.29, 0.717) is 11.3 Å². The normalized spacial score (nSPS) is 12.2. The van der Waals surface area contributed by atoms with Crippen LogP contribution in [0.2, 0.25) is 0 Å². The van der Waals surface area contributed by atoms with Gasteiger partial charge >= 0.3 is 0 Å². The number of benzene rings is 2. The third-order valence-electron chi connectivity index (χ3n) is 4.41. The van der Waals surface area contributed by atoms with Gasteiger partial charge in [0.1, 0.15) is 11.9 Å². The van der Waals surface area contributed by atoms with Crippen molar-refractivity contribution in [1.82, 2.24) is 10.6 Å². The molecule has 4 N–H and O–H groups in total. The van der Waals surface area contributed by atoms with Crippen LogP contribution in [0, 0.1) is 17.1 Å². The summed E-state index contributed by atoms with van der Waals surface area (Å²) in [6, 6.07) is 12.2. The summed E-state index contributed by atoms with van der Waals surface area (Å²) < 4.78 is 14.3. The molecular weight excluding hydrogens is 365 g/mol. The standard InChI is InChI=1S/C23H26FN5/c1-27-11-5-4-6-20(16-7-8-18(14-25)21(24)13-16)23(29-3)17-9-10-22(26)19(12-17)15-28-2/h4,6-10,12-13,15,27,29H,5,11,26H2,1-3H3/b6-4+,23-20+,28-15?. The van der Waals surface area contributed by atoms with E-state index in [9.17, 15) is 4.39 Å². The second kappa shape index (κ2) is 10.8. The molecule has 2 rings (SSSR count). The van der Waals surface area contributed by atoms with Crippen molar-refractivity contribution in [3.05, 3.63) is 76.6 Å². The maximum Gasteiger partial charge on any atom is 0.141 e. The Hall–Kier alpha value is -3.43. The predicted octanol–water partition coefficient (Wildman–Crippen LogP) is 3.58. The fraction of sp³-hybridized carbons (Fsp3) is 0.217. The maximum atomic E-state index is 14.3. The second-order valence-electron chi connectivity index (χ2n) is 6.37. The average Bonchev–Trinajstić information content (AvgIpc) is 2.72. The largest absolute Gasteiger partial charge is 0.398 e. The molecule has 0 aliphatic heterocycles. The lowest BCUT2D eigenvalue weighted by molar-refractivity contribution is 0.623. The smallest absolute Gasteiger partial charge is 0.141 e. The van der Waals surface area contributed by atoms with E-state index in [1.54, 1.807) is 19.3 Å². The van der Waals surface area contributed by atoms with E-state index in [1.165, 1.54) is 12.1 Å². The van der Waals surface area contributed by atoms with Crippen LogP contribution in [0.4, 0.5) is 10.1 Å². The van der Waals surface area contributed by atoms with Crippen LogP contribution in [0.15, 0.2) is 53.5 Å². The van der Waals surface area contributed by atoms with Crippen molar-refractivity contribution in [2.24, 2.45) is 4.99 Å². The van der Waals surface area contributed by atoms with Gasteiger partial charge in [0.05, 0.1) is 5.56 Å². The molecule has 0 fully saturated rings. The molecule has 0 spiro atoms. The Balaban J connectivity index is 2.67. The first kappa shape index (κ1) is 21.9. The SMILES string of the molecule is CN=Cc1cc(/C(NC)=C(/C=C/CCNC)c2ccc(C#N)c(F)c2)ccc1N. The summed E-state index contributed by atoms with van der Waals surface area (Å²) in [5, 5.41) is 15.4. The van der Waals surface area contributed by atoms with E-state index in [0.717, 1.165) is 35.4 Å². The fourth-order valence-corrected chi connectivity index (χ4v) is 2.94. The van der Waals surface area contributed by atoms with Crippen molar-refractivity contribution in [1.29, 1.82) is 5.26 Å². The van der Waals surface area contributed by atoms with Crippen molar-refractivity contribution in [2.45, 2.75) is 6.42 Å². The van der Waals surface area contributed by atoms with Gasteiger partial charge in [-0.15, -0.1) is 0 Å². The third kappa shape index (κ3) is 5.53. The molecule has 0 atom stereocenters. The highest BCUT2D eigenvalue weighted by molar-refractivity contribution is 5.97. The lowest BCUT2D eigenvalue weighted by atomic mass is 9.96. The highest BCUT2D eigenvalue weighted by atomic mass is 19.1. The number of nitrogen functional groups attached to an aromatic ring is 1. The van der Waals surface area contributed by atoms with E-state index in [-0.39, 0.29) is 5.56 Å². The first-order valence-electron chi connectivity index (χ1n) is 9.31. The summed E-state index contributed by atoms with van der Waals surface area (Å²) in [5.74, 6) is -0.544. The molecule has 0 aliphatic rings. The molecule has 150 valence electrons. The molecule has 2 aromatic carbocycles. The Bertz CT molecular complexity index is 983. The molecule has 0 heterocycles. The van der Waals surface area contributed by atoms with E-state index in [2.05, 4.69) is 15.6 Å². The minimum absolute atomic E-state index is 0.0206. The molecular formula is C23H26FN5. The molecule has 0 aromatic heterocycles. The van der Waals surface area contributed by atoms with E-state index < -0.39 is 5.82 Å². The molecule has 0 aliphatic carbocycles. The number of allylic oxidation sites excluding steroid dienone is 2. The lowest BCUT2D eigenvalue weighted by Gasteiger charge is -2.15. The zero-order valence-electron chi connectivity index (χ0n) is 17.0. The Labute approximate surface area is 171 Å². The maximum absolute atomic E-state index is 14.3. The summed E-state index contributed by atoms with van der Waals surface area (Å²) in [7, 11) is 5.40. The fourth-order valence-electron chi connectivity index (χ4n) is 2.94. The number of anilines is 1. The molecule has 6 heteroatoms. The van der Waals surface area contributed by atoms with Crippen LogP contribution < -0.4 is 16.4 Å². The topological polar surface area (TPSA) is 86.2 Å². The molecule has 0 bridgehead atoms. The van der Waals surface area contributed by atoms with Crippen molar-refractivity contribution >= 4 is 23.2 Å². The molecule has 0 saturated heterocycles. The van der Waals surface area contributed by atoms with Gasteiger partial charge in [0.25, 0.3) is 0 Å². The number of aliphatic imine (C=N–C) groups is 1. The number of nitrogens with zero attached hydrogens (tertiary/aromatic N) is 2. The van der Waals surface area contributed by atoms with Crippen LogP contribution in [-0.2, 0) is 0 Å². The highest BCUT2D eigenvalue weighted by Gasteiger charge is 2.12. The van der Waals surface area contributed by atoms with Gasteiger partial charge in [-0.25, -0.2) is 4.39 Å². The van der Waals surface area contributed by atoms with Gasteiger partial charge < -0.3 is 16.4 Å². The summed E-state index contributed by atoms with van der Waals surface area (Å²) in [6.07, 6.45) is 6.53. The van der Waals surface area contributed by atoms with Gasteiger partial charge in [0, 0.05) is 42.8 Å². The predicted molar refractivity (Wildman–Crippen MR) is 119 cm³/mol. The lowest BCUT2D eigenvalue weighted by Crippen LogP contribution is -2.09. The Morgan fingerprint density at radius 1 is 1.21 bits per heavy atom. The van der Waals surface area contributed by atoms with Crippen molar-refractivity contribution in [3.8, 4) is 6.07 Å². The number of nitrogens with one attached hydrogen (secondary N) is 2. The molecule has 0 radical (unpaired) electrons. The number of rotatable bonds is 8. The second-order valence-corrected chi connectivity index (χ2v) is 6.37. The minimum atomic E-state index is -0.544. The zero-order valence-corrected chi connectivity index (χ0v) is 17.0. The van der Waals surface area contributed by atoms with Crippen LogP contribution in [0.1, 0.15) is 28.7 Å². The van der Waals surface area contributed by atoms with Gasteiger partial charge in [0.15, 0.2) is 0 Å². The van der Waals surface area contributed by atoms with Crippen molar-refractivity contribution in [2.75, 3.05) is 33.4 Å². The van der Waals surface area contributed by atoms with E-state index in [4.69, 9.17) is 11.0 Å². The first-order valence-corrected chi connectivity index (χ1v) is 9.31. The Morgan fingerprint density at radius 2 is 1.97 bits per heavy atom. The van der Waals surface area contributed by atoms with Crippen LogP contribution in [0.25, 0.3) is 11.3 Å². The molecule has 5 nitrogen and oxygen atoms in total. The van der Waals surface area contributed by atoms with Crippen molar-refractivity contribution < 1.29 is 4.39 Å². The Kier molecular flexibility index (Phi) is 8.13. The molecule has 29 heavy (non-hydrogen) atoms. The van der Waals surface area contributed by atoms with E-state index in [1.807, 2.05) is 50.5 Å². The summed E-state index contributed by atoms with van der Waals surface area (Å²) in [5.41, 5.74) is 10.7. The van der Waals surface area contributed by atoms with Crippen LogP contribution in [0.5, 0.6) is 0 Å². The summed E-state index contributed by atoms with van der Waals surface area (Å²) in [6.45, 7) is 0.833. The van der Waals surface area contributed by atoms with Crippen molar-refractivity contribution in [3.63, 3.8) is 0 Å². The van der Waals surface area contributed by atoms with Crippen LogP contribution in [0.3, 0.4) is 0 Å². The summed E-state index contributed by atoms with van der Waals surface area (Å²) >= 11 is 0.